The van der Waals surface area contributed by atoms with E-state index >= 15 is 0 Å². The Morgan fingerprint density at radius 2 is 1.59 bits per heavy atom. The summed E-state index contributed by atoms with van der Waals surface area (Å²) in [6.07, 6.45) is -2.38. The number of carbonyl (C=O) groups excluding carboxylic acids is 3. The lowest BCUT2D eigenvalue weighted by Crippen LogP contribution is -2.37. The van der Waals surface area contributed by atoms with E-state index < -0.39 is 17.7 Å². The van der Waals surface area contributed by atoms with E-state index in [1.165, 1.54) is 12.1 Å². The van der Waals surface area contributed by atoms with Gasteiger partial charge in [0.15, 0.2) is 0 Å². The molecule has 0 spiro atoms. The summed E-state index contributed by atoms with van der Waals surface area (Å²) < 4.78 is 43.7. The number of halogens is 3. The number of anilines is 2. The minimum Gasteiger partial charge on any atom is -0.465 e. The third kappa shape index (κ3) is 8.09. The van der Waals surface area contributed by atoms with Crippen LogP contribution in [0.5, 0.6) is 0 Å². The molecule has 0 bridgehead atoms. The molecule has 1 fully saturated rings. The largest absolute Gasteiger partial charge is 0.465 e. The second kappa shape index (κ2) is 13.3. The highest BCUT2D eigenvalue weighted by atomic mass is 19.4. The predicted molar refractivity (Wildman–Crippen MR) is 150 cm³/mol. The van der Waals surface area contributed by atoms with E-state index in [1.54, 1.807) is 31.2 Å². The minimum atomic E-state index is -4.43. The zero-order valence-corrected chi connectivity index (χ0v) is 22.7. The molecule has 7 nitrogen and oxygen atoms in total. The Kier molecular flexibility index (Phi) is 9.65. The van der Waals surface area contributed by atoms with Gasteiger partial charge < -0.3 is 20.3 Å². The minimum absolute atomic E-state index is 0.116. The average molecular weight is 568 g/mol. The smallest absolute Gasteiger partial charge is 0.416 e. The standard InChI is InChI=1S/C31H32F3N3O4/c1-2-41-29(39)20-35-28(38)19-21-15-17-37(18-16-21)25-13-11-24(12-14-25)36-30(40)27-6-4-3-5-26(27)22-7-9-23(10-8-22)31(32,33)34/h3-14,21H,2,15-20H2,1H3,(H,35,38)(H,36,40). The van der Waals surface area contributed by atoms with Gasteiger partial charge in [0, 0.05) is 36.4 Å². The molecule has 216 valence electrons. The molecule has 1 heterocycles. The lowest BCUT2D eigenvalue weighted by molar-refractivity contribution is -0.143. The number of nitrogens with zero attached hydrogens (tertiary/aromatic N) is 1. The van der Waals surface area contributed by atoms with Crippen molar-refractivity contribution in [2.45, 2.75) is 32.4 Å². The lowest BCUT2D eigenvalue weighted by Gasteiger charge is -2.33. The number of piperidine rings is 1. The van der Waals surface area contributed by atoms with Gasteiger partial charge in [-0.1, -0.05) is 30.3 Å². The molecule has 0 aromatic heterocycles. The summed E-state index contributed by atoms with van der Waals surface area (Å²) in [5.74, 6) is -0.734. The molecule has 41 heavy (non-hydrogen) atoms. The molecule has 4 rings (SSSR count). The quantitative estimate of drug-likeness (QED) is 0.314. The second-order valence-electron chi connectivity index (χ2n) is 9.84. The number of carbonyl (C=O) groups is 3. The number of amides is 2. The summed E-state index contributed by atoms with van der Waals surface area (Å²) in [6, 6.07) is 19.0. The molecule has 0 radical (unpaired) electrons. The second-order valence-corrected chi connectivity index (χ2v) is 9.84. The number of hydrogen-bond donors (Lipinski definition) is 2. The van der Waals surface area contributed by atoms with Crippen LogP contribution in [0.2, 0.25) is 0 Å². The van der Waals surface area contributed by atoms with E-state index in [9.17, 15) is 27.6 Å². The molecule has 3 aromatic rings. The van der Waals surface area contributed by atoms with Crippen molar-refractivity contribution in [2.24, 2.45) is 5.92 Å². The average Bonchev–Trinajstić information content (AvgIpc) is 2.97. The zero-order valence-electron chi connectivity index (χ0n) is 22.7. The third-order valence-corrected chi connectivity index (χ3v) is 7.01. The van der Waals surface area contributed by atoms with Crippen molar-refractivity contribution >= 4 is 29.2 Å². The van der Waals surface area contributed by atoms with Crippen molar-refractivity contribution in [3.05, 3.63) is 83.9 Å². The molecular formula is C31H32F3N3O4. The van der Waals surface area contributed by atoms with Crippen LogP contribution in [0, 0.1) is 5.92 Å². The molecule has 1 aliphatic rings. The fraction of sp³-hybridized carbons (Fsp3) is 0.323. The van der Waals surface area contributed by atoms with Gasteiger partial charge in [-0.3, -0.25) is 14.4 Å². The van der Waals surface area contributed by atoms with Crippen LogP contribution in [0.4, 0.5) is 24.5 Å². The molecule has 2 N–H and O–H groups in total. The van der Waals surface area contributed by atoms with E-state index in [2.05, 4.69) is 15.5 Å². The first-order valence-corrected chi connectivity index (χ1v) is 13.5. The summed E-state index contributed by atoms with van der Waals surface area (Å²) in [5.41, 5.74) is 2.24. The number of hydrogen-bond acceptors (Lipinski definition) is 5. The van der Waals surface area contributed by atoms with Crippen molar-refractivity contribution in [3.63, 3.8) is 0 Å². The van der Waals surface area contributed by atoms with Gasteiger partial charge in [0.1, 0.15) is 6.54 Å². The van der Waals surface area contributed by atoms with Crippen molar-refractivity contribution in [1.29, 1.82) is 0 Å². The number of esters is 1. The van der Waals surface area contributed by atoms with Crippen LogP contribution in [0.1, 0.15) is 42.1 Å². The van der Waals surface area contributed by atoms with Crippen LogP contribution >= 0.6 is 0 Å². The third-order valence-electron chi connectivity index (χ3n) is 7.01. The maximum atomic E-state index is 13.1. The predicted octanol–water partition coefficient (Wildman–Crippen LogP) is 5.91. The normalized spacial score (nSPS) is 13.9. The molecule has 1 aliphatic heterocycles. The molecule has 3 aromatic carbocycles. The van der Waals surface area contributed by atoms with Crippen molar-refractivity contribution in [2.75, 3.05) is 36.5 Å². The van der Waals surface area contributed by atoms with Gasteiger partial charge in [-0.2, -0.15) is 13.2 Å². The van der Waals surface area contributed by atoms with E-state index in [0.29, 0.717) is 28.8 Å². The molecule has 1 saturated heterocycles. The monoisotopic (exact) mass is 567 g/mol. The van der Waals surface area contributed by atoms with Gasteiger partial charge in [0.05, 0.1) is 12.2 Å². The molecular weight excluding hydrogens is 535 g/mol. The Bertz CT molecular complexity index is 1350. The van der Waals surface area contributed by atoms with Gasteiger partial charge in [-0.05, 0) is 79.3 Å². The molecule has 0 saturated carbocycles. The van der Waals surface area contributed by atoms with Crippen LogP contribution in [-0.4, -0.2) is 44.0 Å². The van der Waals surface area contributed by atoms with Gasteiger partial charge in [0.25, 0.3) is 5.91 Å². The topological polar surface area (TPSA) is 87.7 Å². The van der Waals surface area contributed by atoms with Crippen molar-refractivity contribution in [1.82, 2.24) is 5.32 Å². The summed E-state index contributed by atoms with van der Waals surface area (Å²) in [5, 5.41) is 5.48. The first kappa shape index (κ1) is 29.6. The Morgan fingerprint density at radius 1 is 0.927 bits per heavy atom. The number of benzene rings is 3. The fourth-order valence-corrected chi connectivity index (χ4v) is 4.84. The summed E-state index contributed by atoms with van der Waals surface area (Å²) in [4.78, 5) is 38.9. The molecule has 0 atom stereocenters. The van der Waals surface area contributed by atoms with E-state index in [-0.39, 0.29) is 30.9 Å². The van der Waals surface area contributed by atoms with Crippen LogP contribution in [-0.2, 0) is 20.5 Å². The van der Waals surface area contributed by atoms with Crippen LogP contribution in [0.15, 0.2) is 72.8 Å². The summed E-state index contributed by atoms with van der Waals surface area (Å²) in [6.45, 7) is 3.44. The van der Waals surface area contributed by atoms with E-state index in [4.69, 9.17) is 4.74 Å². The SMILES string of the molecule is CCOC(=O)CNC(=O)CC1CCN(c2ccc(NC(=O)c3ccccc3-c3ccc(C(F)(F)F)cc3)cc2)CC1. The maximum Gasteiger partial charge on any atom is 0.416 e. The summed E-state index contributed by atoms with van der Waals surface area (Å²) >= 11 is 0. The van der Waals surface area contributed by atoms with Gasteiger partial charge in [0.2, 0.25) is 5.91 Å². The highest BCUT2D eigenvalue weighted by molar-refractivity contribution is 6.08. The fourth-order valence-electron chi connectivity index (χ4n) is 4.84. The highest BCUT2D eigenvalue weighted by Gasteiger charge is 2.30. The van der Waals surface area contributed by atoms with Crippen molar-refractivity contribution in [3.8, 4) is 11.1 Å². The van der Waals surface area contributed by atoms with Crippen LogP contribution in [0.25, 0.3) is 11.1 Å². The Morgan fingerprint density at radius 3 is 2.22 bits per heavy atom. The molecule has 2 amide bonds. The maximum absolute atomic E-state index is 13.1. The first-order valence-electron chi connectivity index (χ1n) is 13.5. The Balaban J connectivity index is 1.31. The number of rotatable bonds is 9. The Labute approximate surface area is 236 Å². The first-order chi connectivity index (χ1) is 19.6. The van der Waals surface area contributed by atoms with Crippen LogP contribution < -0.4 is 15.5 Å². The van der Waals surface area contributed by atoms with Gasteiger partial charge in [-0.25, -0.2) is 0 Å². The molecule has 0 aliphatic carbocycles. The van der Waals surface area contributed by atoms with E-state index in [1.807, 2.05) is 24.3 Å². The van der Waals surface area contributed by atoms with Crippen LogP contribution in [0.3, 0.4) is 0 Å². The number of alkyl halides is 3. The van der Waals surface area contributed by atoms with Gasteiger partial charge in [-0.15, -0.1) is 0 Å². The van der Waals surface area contributed by atoms with Gasteiger partial charge >= 0.3 is 12.1 Å². The lowest BCUT2D eigenvalue weighted by atomic mass is 9.93. The number of nitrogens with one attached hydrogen (secondary N) is 2. The molecule has 10 heteroatoms. The number of ether oxygens (including phenoxy) is 1. The molecule has 0 unspecified atom stereocenters. The van der Waals surface area contributed by atoms with Crippen molar-refractivity contribution < 1.29 is 32.3 Å². The van der Waals surface area contributed by atoms with E-state index in [0.717, 1.165) is 43.8 Å². The highest BCUT2D eigenvalue weighted by Crippen LogP contribution is 2.32. The zero-order chi connectivity index (χ0) is 29.4. The summed E-state index contributed by atoms with van der Waals surface area (Å²) in [7, 11) is 0. The Hall–Kier alpha value is -4.34.